The Morgan fingerprint density at radius 3 is 2.69 bits per heavy atom. The van der Waals surface area contributed by atoms with Crippen molar-refractivity contribution in [3.8, 4) is 0 Å². The van der Waals surface area contributed by atoms with Gasteiger partial charge >= 0.3 is 5.69 Å². The summed E-state index contributed by atoms with van der Waals surface area (Å²) in [6.45, 7) is 3.70. The van der Waals surface area contributed by atoms with Gasteiger partial charge in [0.05, 0.1) is 11.6 Å². The fraction of sp³-hybridized carbons (Fsp3) is 0.182. The molecule has 10 heteroatoms. The maximum absolute atomic E-state index is 13.4. The summed E-state index contributed by atoms with van der Waals surface area (Å²) in [6, 6.07) is 7.70. The van der Waals surface area contributed by atoms with Crippen molar-refractivity contribution in [2.75, 3.05) is 0 Å². The smallest absolute Gasteiger partial charge is 0.336 e. The fourth-order valence-corrected chi connectivity index (χ4v) is 4.52. The highest BCUT2D eigenvalue weighted by atomic mass is 35.5. The minimum Gasteiger partial charge on any atom is -0.347 e. The highest BCUT2D eigenvalue weighted by Crippen LogP contribution is 2.19. The lowest BCUT2D eigenvalue weighted by Crippen LogP contribution is -2.38. The second-order valence-electron chi connectivity index (χ2n) is 7.31. The first-order chi connectivity index (χ1) is 15.2. The van der Waals surface area contributed by atoms with Crippen LogP contribution >= 0.6 is 22.9 Å². The summed E-state index contributed by atoms with van der Waals surface area (Å²) < 4.78 is 15.8. The zero-order valence-electron chi connectivity index (χ0n) is 17.2. The monoisotopic (exact) mass is 472 g/mol. The largest absolute Gasteiger partial charge is 0.347 e. The molecule has 0 saturated carbocycles. The molecule has 164 valence electrons. The first kappa shape index (κ1) is 21.9. The third-order valence-electron chi connectivity index (χ3n) is 4.96. The van der Waals surface area contributed by atoms with Gasteiger partial charge in [-0.05, 0) is 49.2 Å². The minimum atomic E-state index is -0.587. The SMILES string of the molecule is Cc1cc(CNC(=O)c2cn3c(=O)n(Cc4ccc(F)c(Cl)c4)c(=O)c(C)c3s2)ccn1. The number of carbonyl (C=O) groups is 1. The summed E-state index contributed by atoms with van der Waals surface area (Å²) in [5.41, 5.74) is 1.53. The number of aryl methyl sites for hydroxylation is 2. The first-order valence-corrected chi connectivity index (χ1v) is 10.8. The molecule has 7 nitrogen and oxygen atoms in total. The Kier molecular flexibility index (Phi) is 5.94. The fourth-order valence-electron chi connectivity index (χ4n) is 3.31. The normalized spacial score (nSPS) is 11.1. The molecule has 0 unspecified atom stereocenters. The van der Waals surface area contributed by atoms with Crippen LogP contribution in [-0.2, 0) is 13.1 Å². The van der Waals surface area contributed by atoms with Crippen LogP contribution in [0.4, 0.5) is 4.39 Å². The molecule has 1 N–H and O–H groups in total. The second kappa shape index (κ2) is 8.68. The van der Waals surface area contributed by atoms with Crippen LogP contribution in [0.15, 0.2) is 52.3 Å². The van der Waals surface area contributed by atoms with Gasteiger partial charge in [0, 0.05) is 30.2 Å². The predicted octanol–water partition coefficient (Wildman–Crippen LogP) is 3.31. The van der Waals surface area contributed by atoms with Gasteiger partial charge in [0.25, 0.3) is 11.5 Å². The molecule has 0 fully saturated rings. The van der Waals surface area contributed by atoms with Crippen LogP contribution in [0.25, 0.3) is 4.83 Å². The van der Waals surface area contributed by atoms with E-state index in [9.17, 15) is 18.8 Å². The number of halogens is 2. The molecule has 0 bridgehead atoms. The van der Waals surface area contributed by atoms with E-state index < -0.39 is 17.1 Å². The number of aromatic nitrogens is 3. The molecule has 0 radical (unpaired) electrons. The Morgan fingerprint density at radius 2 is 1.97 bits per heavy atom. The van der Waals surface area contributed by atoms with Crippen LogP contribution < -0.4 is 16.6 Å². The van der Waals surface area contributed by atoms with Crippen molar-refractivity contribution in [1.29, 1.82) is 0 Å². The summed E-state index contributed by atoms with van der Waals surface area (Å²) in [4.78, 5) is 43.3. The molecule has 0 aliphatic rings. The summed E-state index contributed by atoms with van der Waals surface area (Å²) in [6.07, 6.45) is 3.10. The van der Waals surface area contributed by atoms with Gasteiger partial charge in [-0.15, -0.1) is 11.3 Å². The maximum atomic E-state index is 13.4. The van der Waals surface area contributed by atoms with Crippen molar-refractivity contribution in [3.05, 3.63) is 102 Å². The van der Waals surface area contributed by atoms with E-state index >= 15 is 0 Å². The Balaban J connectivity index is 1.66. The number of thiazole rings is 1. The molecule has 3 heterocycles. The van der Waals surface area contributed by atoms with Crippen molar-refractivity contribution in [2.45, 2.75) is 26.9 Å². The molecule has 0 spiro atoms. The van der Waals surface area contributed by atoms with E-state index in [1.165, 1.54) is 28.8 Å². The zero-order chi connectivity index (χ0) is 23.0. The lowest BCUT2D eigenvalue weighted by Gasteiger charge is -2.08. The molecule has 0 aliphatic carbocycles. The van der Waals surface area contributed by atoms with Crippen LogP contribution in [0.3, 0.4) is 0 Å². The van der Waals surface area contributed by atoms with Gasteiger partial charge in [0.15, 0.2) is 0 Å². The molecule has 0 saturated heterocycles. The average molecular weight is 473 g/mol. The van der Waals surface area contributed by atoms with E-state index in [2.05, 4.69) is 10.3 Å². The third kappa shape index (κ3) is 4.21. The molecule has 4 rings (SSSR count). The van der Waals surface area contributed by atoms with E-state index in [4.69, 9.17) is 11.6 Å². The van der Waals surface area contributed by atoms with Crippen molar-refractivity contribution >= 4 is 33.7 Å². The number of pyridine rings is 1. The van der Waals surface area contributed by atoms with Crippen molar-refractivity contribution in [2.24, 2.45) is 0 Å². The lowest BCUT2D eigenvalue weighted by molar-refractivity contribution is 0.0954. The number of benzene rings is 1. The van der Waals surface area contributed by atoms with Crippen LogP contribution in [0.2, 0.25) is 5.02 Å². The van der Waals surface area contributed by atoms with Gasteiger partial charge in [-0.3, -0.25) is 23.5 Å². The number of amides is 1. The first-order valence-electron chi connectivity index (χ1n) is 9.64. The summed E-state index contributed by atoms with van der Waals surface area (Å²) in [5.74, 6) is -0.933. The second-order valence-corrected chi connectivity index (χ2v) is 8.74. The van der Waals surface area contributed by atoms with Gasteiger partial charge in [0.1, 0.15) is 15.5 Å². The number of hydrogen-bond donors (Lipinski definition) is 1. The molecular formula is C22H18ClFN4O3S. The highest BCUT2D eigenvalue weighted by Gasteiger charge is 2.18. The topological polar surface area (TPSA) is 85.5 Å². The zero-order valence-corrected chi connectivity index (χ0v) is 18.8. The van der Waals surface area contributed by atoms with Gasteiger partial charge in [-0.25, -0.2) is 9.18 Å². The van der Waals surface area contributed by atoms with Crippen LogP contribution in [-0.4, -0.2) is 19.9 Å². The highest BCUT2D eigenvalue weighted by molar-refractivity contribution is 7.19. The molecule has 4 aromatic rings. The van der Waals surface area contributed by atoms with Crippen LogP contribution in [0, 0.1) is 19.7 Å². The average Bonchev–Trinajstić information content (AvgIpc) is 3.22. The molecule has 1 aromatic carbocycles. The molecule has 0 aliphatic heterocycles. The van der Waals surface area contributed by atoms with E-state index in [1.54, 1.807) is 19.2 Å². The van der Waals surface area contributed by atoms with Crippen molar-refractivity contribution in [1.82, 2.24) is 19.3 Å². The number of hydrogen-bond acceptors (Lipinski definition) is 5. The molecule has 32 heavy (non-hydrogen) atoms. The summed E-state index contributed by atoms with van der Waals surface area (Å²) in [5, 5.41) is 2.73. The van der Waals surface area contributed by atoms with E-state index in [0.717, 1.165) is 27.2 Å². The molecule has 1 amide bonds. The molecular weight excluding hydrogens is 455 g/mol. The third-order valence-corrected chi connectivity index (χ3v) is 6.45. The van der Waals surface area contributed by atoms with Gasteiger partial charge in [-0.1, -0.05) is 17.7 Å². The van der Waals surface area contributed by atoms with Crippen molar-refractivity contribution < 1.29 is 9.18 Å². The van der Waals surface area contributed by atoms with E-state index in [1.807, 2.05) is 13.0 Å². The Labute approximate surface area is 190 Å². The maximum Gasteiger partial charge on any atom is 0.336 e. The van der Waals surface area contributed by atoms with Gasteiger partial charge in [-0.2, -0.15) is 0 Å². The van der Waals surface area contributed by atoms with Crippen LogP contribution in [0.5, 0.6) is 0 Å². The molecule has 0 atom stereocenters. The predicted molar refractivity (Wildman–Crippen MR) is 121 cm³/mol. The van der Waals surface area contributed by atoms with Crippen LogP contribution in [0.1, 0.15) is 32.1 Å². The number of rotatable bonds is 5. The minimum absolute atomic E-state index is 0.0692. The number of nitrogens with zero attached hydrogens (tertiary/aromatic N) is 3. The van der Waals surface area contributed by atoms with Gasteiger partial charge < -0.3 is 5.32 Å². The lowest BCUT2D eigenvalue weighted by atomic mass is 10.2. The molecule has 3 aromatic heterocycles. The summed E-state index contributed by atoms with van der Waals surface area (Å²) in [7, 11) is 0. The Hall–Kier alpha value is -3.30. The number of fused-ring (bicyclic) bond motifs is 1. The van der Waals surface area contributed by atoms with E-state index in [0.29, 0.717) is 27.4 Å². The van der Waals surface area contributed by atoms with Crippen molar-refractivity contribution in [3.63, 3.8) is 0 Å². The Bertz CT molecular complexity index is 1470. The number of nitrogens with one attached hydrogen (secondary N) is 1. The quantitative estimate of drug-likeness (QED) is 0.483. The standard InChI is InChI=1S/C22H18ClFN4O3S/c1-12-7-14(5-6-25-12)9-26-19(29)18-11-28-21(32-18)13(2)20(30)27(22(28)31)10-15-3-4-17(24)16(23)8-15/h3-8,11H,9-10H2,1-2H3,(H,26,29). The number of carbonyl (C=O) groups excluding carboxylic acids is 1. The van der Waals surface area contributed by atoms with Gasteiger partial charge in [0.2, 0.25) is 0 Å². The Morgan fingerprint density at radius 1 is 1.19 bits per heavy atom. The summed E-state index contributed by atoms with van der Waals surface area (Å²) >= 11 is 6.89. The van der Waals surface area contributed by atoms with E-state index in [-0.39, 0.29) is 17.5 Å².